The van der Waals surface area contributed by atoms with Crippen LogP contribution < -0.4 is 15.1 Å². The van der Waals surface area contributed by atoms with Crippen molar-refractivity contribution in [1.82, 2.24) is 0 Å². The molecule has 0 bridgehead atoms. The molecule has 6 heteroatoms. The van der Waals surface area contributed by atoms with Gasteiger partial charge >= 0.3 is 11.6 Å². The fourth-order valence-corrected chi connectivity index (χ4v) is 3.58. The second kappa shape index (κ2) is 6.04. The number of hydrogen-bond donors (Lipinski definition) is 0. The normalized spacial score (nSPS) is 11.2. The fourth-order valence-electron chi connectivity index (χ4n) is 3.22. The van der Waals surface area contributed by atoms with Crippen molar-refractivity contribution >= 4 is 50.1 Å². The van der Waals surface area contributed by atoms with Crippen LogP contribution in [0.2, 0.25) is 5.02 Å². The van der Waals surface area contributed by atoms with E-state index >= 15 is 0 Å². The van der Waals surface area contributed by atoms with Crippen LogP contribution >= 0.6 is 11.6 Å². The molecule has 0 unspecified atom stereocenters. The van der Waals surface area contributed by atoms with Gasteiger partial charge in [-0.25, -0.2) is 4.79 Å². The van der Waals surface area contributed by atoms with Gasteiger partial charge in [0.15, 0.2) is 0 Å². The zero-order valence-electron chi connectivity index (χ0n) is 14.0. The molecule has 0 saturated heterocycles. The van der Waals surface area contributed by atoms with Crippen LogP contribution in [0.5, 0.6) is 11.5 Å². The van der Waals surface area contributed by atoms with Crippen molar-refractivity contribution in [3.8, 4) is 11.5 Å². The Morgan fingerprint density at radius 1 is 1.00 bits per heavy atom. The quantitative estimate of drug-likeness (QED) is 0.222. The number of hydrogen-bond acceptors (Lipinski definition) is 5. The molecular formula is C20H13ClO5. The first-order chi connectivity index (χ1) is 12.5. The number of methoxy groups -OCH3 is 1. The Morgan fingerprint density at radius 3 is 2.38 bits per heavy atom. The highest BCUT2D eigenvalue weighted by atomic mass is 35.5. The Hall–Kier alpha value is -3.05. The molecule has 4 aromatic rings. The van der Waals surface area contributed by atoms with Crippen LogP contribution in [0.1, 0.15) is 6.92 Å². The van der Waals surface area contributed by atoms with Gasteiger partial charge in [0.05, 0.1) is 22.9 Å². The van der Waals surface area contributed by atoms with Crippen LogP contribution in [-0.2, 0) is 4.79 Å². The van der Waals surface area contributed by atoms with E-state index in [0.717, 1.165) is 0 Å². The molecular weight excluding hydrogens is 356 g/mol. The maximum Gasteiger partial charge on any atom is 0.344 e. The van der Waals surface area contributed by atoms with E-state index in [9.17, 15) is 9.59 Å². The molecule has 0 aliphatic heterocycles. The van der Waals surface area contributed by atoms with Crippen molar-refractivity contribution in [3.63, 3.8) is 0 Å². The van der Waals surface area contributed by atoms with Crippen molar-refractivity contribution in [2.75, 3.05) is 7.11 Å². The summed E-state index contributed by atoms with van der Waals surface area (Å²) in [6, 6.07) is 12.2. The Bertz CT molecular complexity index is 1260. The van der Waals surface area contributed by atoms with Gasteiger partial charge in [-0.05, 0) is 12.1 Å². The Balaban J connectivity index is 2.31. The number of rotatable bonds is 2. The van der Waals surface area contributed by atoms with Crippen molar-refractivity contribution < 1.29 is 18.7 Å². The number of esters is 1. The number of benzene rings is 3. The summed E-state index contributed by atoms with van der Waals surface area (Å²) >= 11 is 6.63. The third kappa shape index (κ3) is 2.32. The average molecular weight is 369 g/mol. The molecule has 4 rings (SSSR count). The molecule has 26 heavy (non-hydrogen) atoms. The zero-order valence-corrected chi connectivity index (χ0v) is 14.7. The van der Waals surface area contributed by atoms with Crippen molar-refractivity contribution in [2.24, 2.45) is 0 Å². The summed E-state index contributed by atoms with van der Waals surface area (Å²) in [6.45, 7) is 1.31. The van der Waals surface area contributed by atoms with Crippen LogP contribution in [0.4, 0.5) is 0 Å². The minimum Gasteiger partial charge on any atom is -0.494 e. The fraction of sp³-hybridized carbons (Fsp3) is 0.100. The molecule has 5 nitrogen and oxygen atoms in total. The van der Waals surface area contributed by atoms with E-state index in [2.05, 4.69) is 0 Å². The minimum atomic E-state index is -0.476. The highest BCUT2D eigenvalue weighted by Gasteiger charge is 2.22. The van der Waals surface area contributed by atoms with Crippen molar-refractivity contribution in [2.45, 2.75) is 6.92 Å². The summed E-state index contributed by atoms with van der Waals surface area (Å²) in [7, 11) is 1.48. The molecule has 0 amide bonds. The van der Waals surface area contributed by atoms with Gasteiger partial charge < -0.3 is 13.9 Å². The molecule has 1 aromatic heterocycles. The lowest BCUT2D eigenvalue weighted by molar-refractivity contribution is -0.131. The molecule has 0 aliphatic rings. The highest BCUT2D eigenvalue weighted by molar-refractivity contribution is 6.41. The summed E-state index contributed by atoms with van der Waals surface area (Å²) in [5, 5.41) is 3.01. The molecule has 0 aliphatic carbocycles. The van der Waals surface area contributed by atoms with E-state index in [4.69, 9.17) is 25.5 Å². The highest BCUT2D eigenvalue weighted by Crippen LogP contribution is 2.46. The molecule has 0 spiro atoms. The average Bonchev–Trinajstić information content (AvgIpc) is 2.62. The Labute approximate surface area is 152 Å². The molecule has 0 N–H and O–H groups in total. The van der Waals surface area contributed by atoms with Gasteiger partial charge in [-0.1, -0.05) is 41.9 Å². The number of ether oxygens (including phenoxy) is 2. The van der Waals surface area contributed by atoms with Gasteiger partial charge in [-0.15, -0.1) is 0 Å². The summed E-state index contributed by atoms with van der Waals surface area (Å²) in [6.07, 6.45) is 0. The van der Waals surface area contributed by atoms with E-state index in [1.165, 1.54) is 14.0 Å². The van der Waals surface area contributed by atoms with E-state index in [1.807, 2.05) is 12.1 Å². The van der Waals surface area contributed by atoms with Gasteiger partial charge in [0.1, 0.15) is 17.1 Å². The van der Waals surface area contributed by atoms with Gasteiger partial charge in [0, 0.05) is 23.1 Å². The molecule has 0 radical (unpaired) electrons. The Morgan fingerprint density at radius 2 is 1.69 bits per heavy atom. The van der Waals surface area contributed by atoms with Crippen LogP contribution in [0.3, 0.4) is 0 Å². The van der Waals surface area contributed by atoms with Crippen molar-refractivity contribution in [1.29, 1.82) is 0 Å². The summed E-state index contributed by atoms with van der Waals surface area (Å²) < 4.78 is 16.4. The maximum atomic E-state index is 12.4. The van der Waals surface area contributed by atoms with Crippen LogP contribution in [0.25, 0.3) is 32.5 Å². The number of fused-ring (bicyclic) bond motifs is 5. The van der Waals surface area contributed by atoms with E-state index < -0.39 is 11.6 Å². The van der Waals surface area contributed by atoms with E-state index in [-0.39, 0.29) is 10.8 Å². The van der Waals surface area contributed by atoms with Gasteiger partial charge in [-0.2, -0.15) is 0 Å². The molecule has 1 heterocycles. The minimum absolute atomic E-state index is 0.284. The Kier molecular flexibility index (Phi) is 3.81. The largest absolute Gasteiger partial charge is 0.494 e. The summed E-state index contributed by atoms with van der Waals surface area (Å²) in [5.74, 6) is 0.159. The maximum absolute atomic E-state index is 12.4. The lowest BCUT2D eigenvalue weighted by Gasteiger charge is -2.15. The first-order valence-corrected chi connectivity index (χ1v) is 8.23. The lowest BCUT2D eigenvalue weighted by Crippen LogP contribution is -2.04. The SMILES string of the molecule is COc1c(Cl)c2c3ccccc3c(=O)oc2c2cccc(OC(C)=O)c12. The second-order valence-electron chi connectivity index (χ2n) is 5.76. The first-order valence-electron chi connectivity index (χ1n) is 7.85. The molecule has 0 fully saturated rings. The third-order valence-corrected chi connectivity index (χ3v) is 4.57. The first kappa shape index (κ1) is 16.4. The topological polar surface area (TPSA) is 65.7 Å². The third-order valence-electron chi connectivity index (χ3n) is 4.21. The molecule has 0 atom stereocenters. The standard InChI is InChI=1S/C20H13ClO5/c1-10(22)25-14-9-5-8-13-15(14)19(24-2)17(21)16-11-6-3-4-7-12(11)20(23)26-18(13)16/h3-9H,1-2H3. The zero-order chi connectivity index (χ0) is 18.4. The van der Waals surface area contributed by atoms with Crippen LogP contribution in [-0.4, -0.2) is 13.1 Å². The summed E-state index contributed by atoms with van der Waals surface area (Å²) in [4.78, 5) is 23.9. The second-order valence-corrected chi connectivity index (χ2v) is 6.14. The predicted octanol–water partition coefficient (Wildman–Crippen LogP) is 4.69. The number of carbonyl (C=O) groups excluding carboxylic acids is 1. The number of halogens is 1. The molecule has 130 valence electrons. The summed E-state index contributed by atoms with van der Waals surface area (Å²) in [5.41, 5.74) is -0.142. The van der Waals surface area contributed by atoms with Crippen molar-refractivity contribution in [3.05, 3.63) is 57.9 Å². The molecule has 0 saturated carbocycles. The van der Waals surface area contributed by atoms with Gasteiger partial charge in [0.2, 0.25) is 0 Å². The monoisotopic (exact) mass is 368 g/mol. The van der Waals surface area contributed by atoms with Crippen LogP contribution in [0.15, 0.2) is 51.7 Å². The van der Waals surface area contributed by atoms with Gasteiger partial charge in [0.25, 0.3) is 0 Å². The van der Waals surface area contributed by atoms with E-state index in [1.54, 1.807) is 30.3 Å². The van der Waals surface area contributed by atoms with Crippen LogP contribution in [0, 0.1) is 0 Å². The van der Waals surface area contributed by atoms with Gasteiger partial charge in [-0.3, -0.25) is 4.79 Å². The predicted molar refractivity (Wildman–Crippen MR) is 100 cm³/mol. The smallest absolute Gasteiger partial charge is 0.344 e. The lowest BCUT2D eigenvalue weighted by atomic mass is 10.0. The number of carbonyl (C=O) groups is 1. The van der Waals surface area contributed by atoms with E-state index in [0.29, 0.717) is 38.3 Å². The molecule has 3 aromatic carbocycles.